The van der Waals surface area contributed by atoms with Crippen LogP contribution in [0.15, 0.2) is 53.1 Å². The lowest BCUT2D eigenvalue weighted by molar-refractivity contribution is 0.0662. The minimum absolute atomic E-state index is 0.0231. The van der Waals surface area contributed by atoms with Crippen molar-refractivity contribution >= 4 is 5.97 Å². The Kier molecular flexibility index (Phi) is 3.97. The van der Waals surface area contributed by atoms with Crippen LogP contribution in [0.3, 0.4) is 0 Å². The van der Waals surface area contributed by atoms with Crippen LogP contribution in [-0.4, -0.2) is 16.2 Å². The van der Waals surface area contributed by atoms with E-state index in [2.05, 4.69) is 4.42 Å². The zero-order valence-electron chi connectivity index (χ0n) is 7.83. The van der Waals surface area contributed by atoms with Crippen LogP contribution in [0.4, 0.5) is 0 Å². The first-order chi connectivity index (χ1) is 7.20. The van der Waals surface area contributed by atoms with E-state index in [1.807, 2.05) is 6.07 Å². The second-order valence-electron chi connectivity index (χ2n) is 2.62. The minimum atomic E-state index is -1.03. The number of carboxylic acids is 1. The fourth-order valence-corrected chi connectivity index (χ4v) is 0.828. The molecule has 15 heavy (non-hydrogen) atoms. The monoisotopic (exact) mass is 206 g/mol. The molecule has 0 aliphatic carbocycles. The molecule has 78 valence electrons. The van der Waals surface area contributed by atoms with Crippen molar-refractivity contribution in [2.24, 2.45) is 0 Å². The number of carboxylic acid groups (broad SMARTS) is 1. The molecule has 0 amide bonds. The highest BCUT2D eigenvalue weighted by Gasteiger charge is 2.01. The molecule has 2 rings (SSSR count). The van der Waals surface area contributed by atoms with Gasteiger partial charge in [-0.3, -0.25) is 0 Å². The van der Waals surface area contributed by atoms with E-state index in [0.717, 1.165) is 0 Å². The van der Waals surface area contributed by atoms with Crippen LogP contribution in [0.2, 0.25) is 0 Å². The van der Waals surface area contributed by atoms with Crippen LogP contribution in [0.1, 0.15) is 10.6 Å². The van der Waals surface area contributed by atoms with Crippen LogP contribution >= 0.6 is 0 Å². The molecule has 2 N–H and O–H groups in total. The number of carbonyl (C=O) groups is 1. The summed E-state index contributed by atoms with van der Waals surface area (Å²) < 4.78 is 4.50. The number of aromatic carboxylic acids is 1. The van der Waals surface area contributed by atoms with Gasteiger partial charge in [0.15, 0.2) is 0 Å². The molecule has 0 saturated carbocycles. The lowest BCUT2D eigenvalue weighted by atomic mass is 10.3. The lowest BCUT2D eigenvalue weighted by Crippen LogP contribution is -1.90. The van der Waals surface area contributed by atoms with E-state index >= 15 is 0 Å². The van der Waals surface area contributed by atoms with Crippen LogP contribution < -0.4 is 0 Å². The molecule has 1 aromatic carbocycles. The maximum Gasteiger partial charge on any atom is 0.371 e. The third kappa shape index (κ3) is 3.99. The molecular weight excluding hydrogens is 196 g/mol. The molecular formula is C11H10O4. The van der Waals surface area contributed by atoms with Crippen LogP contribution in [0, 0.1) is 0 Å². The zero-order valence-corrected chi connectivity index (χ0v) is 7.83. The van der Waals surface area contributed by atoms with Gasteiger partial charge in [-0.25, -0.2) is 4.79 Å². The molecule has 0 atom stereocenters. The number of benzene rings is 1. The summed E-state index contributed by atoms with van der Waals surface area (Å²) in [4.78, 5) is 9.97. The van der Waals surface area contributed by atoms with Crippen molar-refractivity contribution in [3.8, 4) is 5.75 Å². The summed E-state index contributed by atoms with van der Waals surface area (Å²) in [6, 6.07) is 11.6. The number of hydrogen-bond acceptors (Lipinski definition) is 3. The van der Waals surface area contributed by atoms with Gasteiger partial charge in [0.1, 0.15) is 5.75 Å². The Morgan fingerprint density at radius 3 is 2.00 bits per heavy atom. The first-order valence-corrected chi connectivity index (χ1v) is 4.21. The second kappa shape index (κ2) is 5.49. The summed E-state index contributed by atoms with van der Waals surface area (Å²) in [6.07, 6.45) is 1.32. The van der Waals surface area contributed by atoms with Crippen molar-refractivity contribution in [3.05, 3.63) is 54.5 Å². The lowest BCUT2D eigenvalue weighted by Gasteiger charge is -1.82. The molecule has 0 aliphatic rings. The van der Waals surface area contributed by atoms with Gasteiger partial charge in [-0.05, 0) is 24.3 Å². The highest BCUT2D eigenvalue weighted by Crippen LogP contribution is 2.02. The fraction of sp³-hybridized carbons (Fsp3) is 0. The van der Waals surface area contributed by atoms with Crippen LogP contribution in [0.25, 0.3) is 0 Å². The Morgan fingerprint density at radius 1 is 1.07 bits per heavy atom. The number of rotatable bonds is 1. The van der Waals surface area contributed by atoms with Gasteiger partial charge in [0.05, 0.1) is 6.26 Å². The highest BCUT2D eigenvalue weighted by molar-refractivity contribution is 5.84. The van der Waals surface area contributed by atoms with E-state index < -0.39 is 5.97 Å². The van der Waals surface area contributed by atoms with Crippen molar-refractivity contribution in [1.82, 2.24) is 0 Å². The molecule has 0 spiro atoms. The van der Waals surface area contributed by atoms with Gasteiger partial charge >= 0.3 is 5.97 Å². The van der Waals surface area contributed by atoms with E-state index in [4.69, 9.17) is 10.2 Å². The summed E-state index contributed by atoms with van der Waals surface area (Å²) in [5.74, 6) is -0.734. The van der Waals surface area contributed by atoms with Crippen molar-refractivity contribution in [2.45, 2.75) is 0 Å². The smallest absolute Gasteiger partial charge is 0.371 e. The minimum Gasteiger partial charge on any atom is -0.508 e. The van der Waals surface area contributed by atoms with E-state index in [0.29, 0.717) is 5.75 Å². The largest absolute Gasteiger partial charge is 0.508 e. The van der Waals surface area contributed by atoms with Crippen LogP contribution in [0.5, 0.6) is 5.75 Å². The van der Waals surface area contributed by atoms with Gasteiger partial charge in [-0.15, -0.1) is 0 Å². The molecule has 1 heterocycles. The number of para-hydroxylation sites is 1. The molecule has 2 aromatic rings. The standard InChI is InChI=1S/C6H6O.C5H4O3/c7-6-4-2-1-3-5-6;6-5(7)4-2-1-3-8-4/h1-5,7H;1-3H,(H,6,7). The van der Waals surface area contributed by atoms with Crippen LogP contribution in [-0.2, 0) is 0 Å². The Hall–Kier alpha value is -2.23. The SMILES string of the molecule is O=C(O)c1ccco1.Oc1ccccc1. The highest BCUT2D eigenvalue weighted by atomic mass is 16.4. The van der Waals surface area contributed by atoms with Gasteiger partial charge in [0.25, 0.3) is 0 Å². The average molecular weight is 206 g/mol. The first kappa shape index (κ1) is 10.8. The predicted molar refractivity (Wildman–Crippen MR) is 53.8 cm³/mol. The van der Waals surface area contributed by atoms with Crippen molar-refractivity contribution < 1.29 is 19.4 Å². The molecule has 4 nitrogen and oxygen atoms in total. The number of hydrogen-bond donors (Lipinski definition) is 2. The molecule has 4 heteroatoms. The first-order valence-electron chi connectivity index (χ1n) is 4.21. The number of phenols is 1. The normalized spacial score (nSPS) is 8.80. The molecule has 0 fully saturated rings. The third-order valence-electron chi connectivity index (χ3n) is 1.49. The Labute approximate surface area is 86.4 Å². The Morgan fingerprint density at radius 2 is 1.73 bits per heavy atom. The summed E-state index contributed by atoms with van der Waals surface area (Å²) in [6.45, 7) is 0. The van der Waals surface area contributed by atoms with E-state index in [9.17, 15) is 4.79 Å². The molecule has 0 bridgehead atoms. The van der Waals surface area contributed by atoms with E-state index in [1.165, 1.54) is 18.4 Å². The Balaban J connectivity index is 0.000000151. The van der Waals surface area contributed by atoms with Gasteiger partial charge < -0.3 is 14.6 Å². The maximum absolute atomic E-state index is 9.97. The van der Waals surface area contributed by atoms with E-state index in [-0.39, 0.29) is 5.76 Å². The summed E-state index contributed by atoms with van der Waals surface area (Å²) >= 11 is 0. The van der Waals surface area contributed by atoms with Gasteiger partial charge in [0, 0.05) is 0 Å². The Bertz CT molecular complexity index is 392. The molecule has 0 unspecified atom stereocenters. The zero-order chi connectivity index (χ0) is 11.1. The number of phenolic OH excluding ortho intramolecular Hbond substituents is 1. The van der Waals surface area contributed by atoms with Gasteiger partial charge in [-0.1, -0.05) is 18.2 Å². The fourth-order valence-electron chi connectivity index (χ4n) is 0.828. The average Bonchev–Trinajstić information content (AvgIpc) is 2.72. The van der Waals surface area contributed by atoms with Crippen molar-refractivity contribution in [3.63, 3.8) is 0 Å². The van der Waals surface area contributed by atoms with Crippen molar-refractivity contribution in [2.75, 3.05) is 0 Å². The van der Waals surface area contributed by atoms with Crippen molar-refractivity contribution in [1.29, 1.82) is 0 Å². The number of aromatic hydroxyl groups is 1. The quantitative estimate of drug-likeness (QED) is 0.751. The summed E-state index contributed by atoms with van der Waals surface area (Å²) in [5, 5.41) is 16.8. The topological polar surface area (TPSA) is 70.7 Å². The molecule has 1 aromatic heterocycles. The molecule has 0 aliphatic heterocycles. The third-order valence-corrected chi connectivity index (χ3v) is 1.49. The summed E-state index contributed by atoms with van der Waals surface area (Å²) in [5.41, 5.74) is 0. The van der Waals surface area contributed by atoms with Gasteiger partial charge in [0.2, 0.25) is 5.76 Å². The predicted octanol–water partition coefficient (Wildman–Crippen LogP) is 2.37. The number of furan rings is 1. The van der Waals surface area contributed by atoms with E-state index in [1.54, 1.807) is 24.3 Å². The van der Waals surface area contributed by atoms with Gasteiger partial charge in [-0.2, -0.15) is 0 Å². The molecule has 0 saturated heterocycles. The maximum atomic E-state index is 9.97. The molecule has 0 radical (unpaired) electrons. The summed E-state index contributed by atoms with van der Waals surface area (Å²) in [7, 11) is 0. The second-order valence-corrected chi connectivity index (χ2v) is 2.62.